The van der Waals surface area contributed by atoms with Crippen molar-refractivity contribution in [2.75, 3.05) is 44.2 Å². The van der Waals surface area contributed by atoms with Crippen molar-refractivity contribution < 1.29 is 0 Å². The minimum absolute atomic E-state index is 0. The topological polar surface area (TPSA) is 43.8 Å². The van der Waals surface area contributed by atoms with E-state index in [4.69, 9.17) is 9.98 Å². The number of nitrogens with zero attached hydrogens (tertiary/aromatic N) is 4. The van der Waals surface area contributed by atoms with Crippen LogP contribution in [0.1, 0.15) is 45.2 Å². The minimum atomic E-state index is 0. The fraction of sp³-hybridized carbons (Fsp3) is 0.778. The van der Waals surface area contributed by atoms with Gasteiger partial charge in [0.2, 0.25) is 0 Å². The van der Waals surface area contributed by atoms with Crippen LogP contribution in [-0.4, -0.2) is 55.1 Å². The third-order valence-electron chi connectivity index (χ3n) is 4.84. The van der Waals surface area contributed by atoms with Crippen LogP contribution in [0.15, 0.2) is 10.4 Å². The summed E-state index contributed by atoms with van der Waals surface area (Å²) < 4.78 is 0. The summed E-state index contributed by atoms with van der Waals surface area (Å²) in [4.78, 5) is 14.5. The molecular formula is C18H32IN5S. The molecule has 0 bridgehead atoms. The number of nitrogens with one attached hydrogen (secondary N) is 1. The van der Waals surface area contributed by atoms with Crippen LogP contribution in [0.4, 0.5) is 5.13 Å². The Labute approximate surface area is 173 Å². The largest absolute Gasteiger partial charge is 0.357 e. The number of anilines is 1. The van der Waals surface area contributed by atoms with Gasteiger partial charge in [0.15, 0.2) is 11.1 Å². The van der Waals surface area contributed by atoms with Gasteiger partial charge in [0.1, 0.15) is 0 Å². The van der Waals surface area contributed by atoms with Crippen LogP contribution < -0.4 is 10.2 Å². The normalized spacial score (nSPS) is 21.4. The molecule has 1 aromatic heterocycles. The second-order valence-corrected chi connectivity index (χ2v) is 7.83. The molecule has 1 N–H and O–H groups in total. The molecule has 3 rings (SSSR count). The van der Waals surface area contributed by atoms with Crippen molar-refractivity contribution in [1.82, 2.24) is 15.2 Å². The lowest BCUT2D eigenvalue weighted by molar-refractivity contribution is 0.266. The first-order valence-electron chi connectivity index (χ1n) is 9.49. The Morgan fingerprint density at radius 1 is 1.32 bits per heavy atom. The van der Waals surface area contributed by atoms with Crippen LogP contribution in [0.5, 0.6) is 0 Å². The molecule has 7 heteroatoms. The van der Waals surface area contributed by atoms with Gasteiger partial charge in [0.25, 0.3) is 0 Å². The maximum atomic E-state index is 4.86. The lowest BCUT2D eigenvalue weighted by Gasteiger charge is -2.33. The third kappa shape index (κ3) is 5.98. The van der Waals surface area contributed by atoms with Gasteiger partial charge in [-0.1, -0.05) is 6.92 Å². The van der Waals surface area contributed by atoms with E-state index in [-0.39, 0.29) is 24.0 Å². The number of thiazole rings is 1. The Kier molecular flexibility index (Phi) is 8.75. The number of halogens is 1. The summed E-state index contributed by atoms with van der Waals surface area (Å²) in [5.41, 5.74) is 1.19. The molecule has 3 heterocycles. The molecule has 25 heavy (non-hydrogen) atoms. The van der Waals surface area contributed by atoms with Gasteiger partial charge in [-0.3, -0.25) is 4.99 Å². The zero-order valence-electron chi connectivity index (χ0n) is 15.5. The van der Waals surface area contributed by atoms with Crippen molar-refractivity contribution in [3.05, 3.63) is 11.1 Å². The van der Waals surface area contributed by atoms with Crippen molar-refractivity contribution in [3.63, 3.8) is 0 Å². The van der Waals surface area contributed by atoms with Crippen LogP contribution >= 0.6 is 35.3 Å². The highest BCUT2D eigenvalue weighted by Gasteiger charge is 2.19. The van der Waals surface area contributed by atoms with E-state index in [9.17, 15) is 0 Å². The summed E-state index contributed by atoms with van der Waals surface area (Å²) in [5.74, 6) is 1.85. The monoisotopic (exact) mass is 477 g/mol. The zero-order chi connectivity index (χ0) is 16.8. The maximum Gasteiger partial charge on any atom is 0.193 e. The molecule has 1 atom stereocenters. The quantitative estimate of drug-likeness (QED) is 0.400. The second-order valence-electron chi connectivity index (χ2n) is 6.99. The van der Waals surface area contributed by atoms with Crippen LogP contribution in [0, 0.1) is 5.92 Å². The van der Waals surface area contributed by atoms with E-state index < -0.39 is 0 Å². The Bertz CT molecular complexity index is 541. The van der Waals surface area contributed by atoms with E-state index in [0.29, 0.717) is 0 Å². The number of guanidine groups is 1. The van der Waals surface area contributed by atoms with E-state index in [1.165, 1.54) is 49.6 Å². The van der Waals surface area contributed by atoms with Gasteiger partial charge in [-0.25, -0.2) is 4.98 Å². The molecule has 2 aliphatic heterocycles. The van der Waals surface area contributed by atoms with E-state index in [2.05, 4.69) is 34.3 Å². The summed E-state index contributed by atoms with van der Waals surface area (Å²) in [7, 11) is 0. The number of rotatable bonds is 5. The average molecular weight is 477 g/mol. The molecule has 0 aromatic carbocycles. The molecule has 2 saturated heterocycles. The van der Waals surface area contributed by atoms with Crippen LogP contribution in [0.25, 0.3) is 0 Å². The summed E-state index contributed by atoms with van der Waals surface area (Å²) in [6.07, 6.45) is 6.16. The van der Waals surface area contributed by atoms with Crippen LogP contribution in [-0.2, 0) is 6.42 Å². The van der Waals surface area contributed by atoms with E-state index in [0.717, 1.165) is 44.5 Å². The minimum Gasteiger partial charge on any atom is -0.357 e. The van der Waals surface area contributed by atoms with Gasteiger partial charge in [-0.2, -0.15) is 0 Å². The highest BCUT2D eigenvalue weighted by molar-refractivity contribution is 14.0. The fourth-order valence-corrected chi connectivity index (χ4v) is 4.46. The molecule has 0 saturated carbocycles. The summed E-state index contributed by atoms with van der Waals surface area (Å²) in [6.45, 7) is 10.8. The number of hydrogen-bond donors (Lipinski definition) is 1. The molecule has 5 nitrogen and oxygen atoms in total. The third-order valence-corrected chi connectivity index (χ3v) is 5.79. The Hall–Kier alpha value is -0.570. The lowest BCUT2D eigenvalue weighted by Crippen LogP contribution is -2.46. The van der Waals surface area contributed by atoms with Gasteiger partial charge >= 0.3 is 0 Å². The molecule has 0 radical (unpaired) electrons. The number of likely N-dealkylation sites (tertiary alicyclic amines) is 1. The number of aromatic nitrogens is 1. The average Bonchev–Trinajstić information content (AvgIpc) is 3.25. The molecular weight excluding hydrogens is 445 g/mol. The fourth-order valence-electron chi connectivity index (χ4n) is 3.55. The Morgan fingerprint density at radius 2 is 2.12 bits per heavy atom. The predicted octanol–water partition coefficient (Wildman–Crippen LogP) is 3.60. The Balaban J connectivity index is 0.00000225. The van der Waals surface area contributed by atoms with Gasteiger partial charge < -0.3 is 15.1 Å². The van der Waals surface area contributed by atoms with Crippen molar-refractivity contribution in [1.29, 1.82) is 0 Å². The zero-order valence-corrected chi connectivity index (χ0v) is 18.7. The SMILES string of the molecule is CCNC(=NCCc1csc(N2CCCC2)n1)N1CCCC(C)C1.I. The highest BCUT2D eigenvalue weighted by atomic mass is 127. The highest BCUT2D eigenvalue weighted by Crippen LogP contribution is 2.24. The molecule has 0 aliphatic carbocycles. The van der Waals surface area contributed by atoms with Crippen molar-refractivity contribution in [2.45, 2.75) is 46.0 Å². The molecule has 0 amide bonds. The predicted molar refractivity (Wildman–Crippen MR) is 119 cm³/mol. The summed E-state index contributed by atoms with van der Waals surface area (Å²) >= 11 is 1.78. The first kappa shape index (κ1) is 20.7. The summed E-state index contributed by atoms with van der Waals surface area (Å²) in [5, 5.41) is 6.86. The standard InChI is InChI=1S/C18H31N5S.HI/c1-3-19-17(23-12-6-7-15(2)13-23)20-9-8-16-14-24-18(21-16)22-10-4-5-11-22;/h14-15H,3-13H2,1-2H3,(H,19,20);1H. The number of hydrogen-bond acceptors (Lipinski definition) is 4. The van der Waals surface area contributed by atoms with Gasteiger partial charge in [0.05, 0.1) is 5.69 Å². The molecule has 1 aromatic rings. The van der Waals surface area contributed by atoms with E-state index in [1.54, 1.807) is 11.3 Å². The number of piperidine rings is 1. The van der Waals surface area contributed by atoms with Crippen LogP contribution in [0.3, 0.4) is 0 Å². The summed E-state index contributed by atoms with van der Waals surface area (Å²) in [6, 6.07) is 0. The maximum absolute atomic E-state index is 4.86. The molecule has 1 unspecified atom stereocenters. The van der Waals surface area contributed by atoms with Crippen molar-refractivity contribution in [2.24, 2.45) is 10.9 Å². The first-order chi connectivity index (χ1) is 11.8. The molecule has 142 valence electrons. The first-order valence-corrected chi connectivity index (χ1v) is 10.4. The van der Waals surface area contributed by atoms with Gasteiger partial charge in [-0.15, -0.1) is 35.3 Å². The second kappa shape index (κ2) is 10.5. The molecule has 2 fully saturated rings. The number of aliphatic imine (C=N–C) groups is 1. The Morgan fingerprint density at radius 3 is 2.84 bits per heavy atom. The van der Waals surface area contributed by atoms with Crippen LogP contribution in [0.2, 0.25) is 0 Å². The lowest BCUT2D eigenvalue weighted by atomic mass is 10.0. The smallest absolute Gasteiger partial charge is 0.193 e. The van der Waals surface area contributed by atoms with Gasteiger partial charge in [-0.05, 0) is 38.5 Å². The van der Waals surface area contributed by atoms with E-state index in [1.807, 2.05) is 0 Å². The van der Waals surface area contributed by atoms with Gasteiger partial charge in [0, 0.05) is 51.1 Å². The van der Waals surface area contributed by atoms with Crippen molar-refractivity contribution >= 4 is 46.4 Å². The van der Waals surface area contributed by atoms with E-state index >= 15 is 0 Å². The molecule has 2 aliphatic rings. The molecule has 0 spiro atoms. The van der Waals surface area contributed by atoms with Crippen molar-refractivity contribution in [3.8, 4) is 0 Å².